The van der Waals surface area contributed by atoms with Gasteiger partial charge in [-0.05, 0) is 57.0 Å². The van der Waals surface area contributed by atoms with Crippen molar-refractivity contribution in [1.29, 1.82) is 0 Å². The van der Waals surface area contributed by atoms with Crippen molar-refractivity contribution < 1.29 is 27.5 Å². The monoisotopic (exact) mass is 544 g/mol. The Bertz CT molecular complexity index is 1190. The highest BCUT2D eigenvalue weighted by Gasteiger charge is 2.38. The van der Waals surface area contributed by atoms with Crippen LogP contribution in [0.4, 0.5) is 34.9 Å². The van der Waals surface area contributed by atoms with Crippen LogP contribution in [0.3, 0.4) is 0 Å². The fraction of sp³-hybridized carbons (Fsp3) is 0.458. The average molecular weight is 545 g/mol. The van der Waals surface area contributed by atoms with Gasteiger partial charge < -0.3 is 20.6 Å². The number of fused-ring (bicyclic) bond motifs is 1. The van der Waals surface area contributed by atoms with E-state index in [9.17, 15) is 17.6 Å². The molecular formula is C24H29ClF4N6O2. The average Bonchev–Trinajstić information content (AvgIpc) is 3.32. The number of alkyl halides is 3. The standard InChI is InChI=1S/C22H28ClFN6.C2HF3O2/c1-3-29(4-2)17-8-5-15(6-9-17)26-20-14-22(30-21(28-20)11-12-25-30)27-16-7-10-19(24)18(23)13-16;3-2(4,5)1(6)7/h7,10-15,17,27H,3-6,8-9H2,1-2H3,(H,26,28);(H,6,7). The molecular weight excluding hydrogens is 516 g/mol. The van der Waals surface area contributed by atoms with Crippen LogP contribution in [0, 0.1) is 5.82 Å². The molecule has 1 fully saturated rings. The van der Waals surface area contributed by atoms with E-state index in [0.29, 0.717) is 17.8 Å². The van der Waals surface area contributed by atoms with E-state index in [1.165, 1.54) is 18.9 Å². The maximum atomic E-state index is 13.5. The number of carboxylic acids is 1. The van der Waals surface area contributed by atoms with Crippen molar-refractivity contribution in [2.24, 2.45) is 0 Å². The lowest BCUT2D eigenvalue weighted by Gasteiger charge is -2.36. The SMILES string of the molecule is CCN(CC)C1CCC(Nc2cc(Nc3ccc(F)c(Cl)c3)n3nccc3n2)CC1.O=C(O)C(F)(F)F. The van der Waals surface area contributed by atoms with Crippen LogP contribution in [0.5, 0.6) is 0 Å². The van der Waals surface area contributed by atoms with Crippen molar-refractivity contribution in [2.75, 3.05) is 23.7 Å². The van der Waals surface area contributed by atoms with Crippen LogP contribution in [0.2, 0.25) is 5.02 Å². The smallest absolute Gasteiger partial charge is 0.475 e. The van der Waals surface area contributed by atoms with E-state index >= 15 is 0 Å². The van der Waals surface area contributed by atoms with E-state index < -0.39 is 18.0 Å². The summed E-state index contributed by atoms with van der Waals surface area (Å²) in [4.78, 5) is 16.2. The Hall–Kier alpha value is -3.12. The fourth-order valence-electron chi connectivity index (χ4n) is 4.33. The number of nitrogens with zero attached hydrogens (tertiary/aromatic N) is 4. The topological polar surface area (TPSA) is 94.8 Å². The van der Waals surface area contributed by atoms with E-state index in [4.69, 9.17) is 26.5 Å². The Morgan fingerprint density at radius 1 is 1.16 bits per heavy atom. The zero-order valence-electron chi connectivity index (χ0n) is 20.4. The van der Waals surface area contributed by atoms with Crippen molar-refractivity contribution in [1.82, 2.24) is 19.5 Å². The molecule has 0 amide bonds. The number of nitrogens with one attached hydrogen (secondary N) is 2. The Morgan fingerprint density at radius 3 is 2.38 bits per heavy atom. The van der Waals surface area contributed by atoms with E-state index in [2.05, 4.69) is 34.5 Å². The number of benzene rings is 1. The number of aliphatic carboxylic acids is 1. The van der Waals surface area contributed by atoms with Crippen molar-refractivity contribution in [3.8, 4) is 0 Å². The molecule has 202 valence electrons. The summed E-state index contributed by atoms with van der Waals surface area (Å²) < 4.78 is 46.9. The second kappa shape index (κ2) is 12.4. The van der Waals surface area contributed by atoms with Crippen LogP contribution >= 0.6 is 11.6 Å². The molecule has 0 bridgehead atoms. The minimum atomic E-state index is -5.08. The molecule has 1 aromatic carbocycles. The first kappa shape index (κ1) is 28.5. The summed E-state index contributed by atoms with van der Waals surface area (Å²) in [5, 5.41) is 18.4. The number of carboxylic acid groups (broad SMARTS) is 1. The van der Waals surface area contributed by atoms with Crippen LogP contribution in [0.25, 0.3) is 5.65 Å². The highest BCUT2D eigenvalue weighted by atomic mass is 35.5. The summed E-state index contributed by atoms with van der Waals surface area (Å²) in [5.41, 5.74) is 1.43. The molecule has 0 saturated heterocycles. The van der Waals surface area contributed by atoms with Gasteiger partial charge in [0.15, 0.2) is 5.65 Å². The molecule has 0 unspecified atom stereocenters. The maximum Gasteiger partial charge on any atom is 0.490 e. The molecule has 3 N–H and O–H groups in total. The lowest BCUT2D eigenvalue weighted by atomic mass is 9.90. The van der Waals surface area contributed by atoms with E-state index in [-0.39, 0.29) is 5.02 Å². The van der Waals surface area contributed by atoms with Crippen LogP contribution in [-0.2, 0) is 4.79 Å². The summed E-state index contributed by atoms with van der Waals surface area (Å²) in [7, 11) is 0. The third kappa shape index (κ3) is 7.68. The number of halogens is 5. The number of carbonyl (C=O) groups is 1. The predicted molar refractivity (Wildman–Crippen MR) is 134 cm³/mol. The van der Waals surface area contributed by atoms with Gasteiger partial charge in [0.25, 0.3) is 0 Å². The lowest BCUT2D eigenvalue weighted by molar-refractivity contribution is -0.192. The third-order valence-electron chi connectivity index (χ3n) is 6.17. The molecule has 0 spiro atoms. The van der Waals surface area contributed by atoms with E-state index in [1.807, 2.05) is 12.1 Å². The molecule has 0 radical (unpaired) electrons. The van der Waals surface area contributed by atoms with Crippen molar-refractivity contribution in [3.63, 3.8) is 0 Å². The molecule has 13 heteroatoms. The third-order valence-corrected chi connectivity index (χ3v) is 6.46. The quantitative estimate of drug-likeness (QED) is 0.316. The van der Waals surface area contributed by atoms with Crippen LogP contribution in [0.15, 0.2) is 36.5 Å². The fourth-order valence-corrected chi connectivity index (χ4v) is 4.51. The van der Waals surface area contributed by atoms with Gasteiger partial charge in [0.2, 0.25) is 0 Å². The molecule has 4 rings (SSSR count). The summed E-state index contributed by atoms with van der Waals surface area (Å²) in [6, 6.07) is 9.46. The zero-order chi connectivity index (χ0) is 27.2. The summed E-state index contributed by atoms with van der Waals surface area (Å²) >= 11 is 5.93. The van der Waals surface area contributed by atoms with E-state index in [0.717, 1.165) is 43.2 Å². The first-order valence-electron chi connectivity index (χ1n) is 11.9. The minimum Gasteiger partial charge on any atom is -0.475 e. The van der Waals surface area contributed by atoms with Crippen LogP contribution in [0.1, 0.15) is 39.5 Å². The molecule has 2 heterocycles. The Morgan fingerprint density at radius 2 is 1.81 bits per heavy atom. The van der Waals surface area contributed by atoms with Gasteiger partial charge in [-0.25, -0.2) is 14.2 Å². The van der Waals surface area contributed by atoms with Gasteiger partial charge in [0, 0.05) is 29.9 Å². The largest absolute Gasteiger partial charge is 0.490 e. The second-order valence-corrected chi connectivity index (χ2v) is 8.96. The Kier molecular flexibility index (Phi) is 9.55. The van der Waals surface area contributed by atoms with Gasteiger partial charge in [-0.2, -0.15) is 22.8 Å². The van der Waals surface area contributed by atoms with E-state index in [1.54, 1.807) is 22.8 Å². The summed E-state index contributed by atoms with van der Waals surface area (Å²) in [5.74, 6) is -1.65. The molecule has 1 saturated carbocycles. The van der Waals surface area contributed by atoms with Gasteiger partial charge in [0.1, 0.15) is 17.5 Å². The molecule has 3 aromatic rings. The molecule has 1 aliphatic rings. The molecule has 0 aliphatic heterocycles. The highest BCUT2D eigenvalue weighted by Crippen LogP contribution is 2.28. The molecule has 37 heavy (non-hydrogen) atoms. The number of hydrogen-bond donors (Lipinski definition) is 3. The lowest BCUT2D eigenvalue weighted by Crippen LogP contribution is -2.40. The Labute approximate surface area is 216 Å². The maximum absolute atomic E-state index is 13.5. The zero-order valence-corrected chi connectivity index (χ0v) is 21.2. The van der Waals surface area contributed by atoms with Crippen LogP contribution in [-0.4, -0.2) is 61.9 Å². The normalized spacial score (nSPS) is 17.8. The van der Waals surface area contributed by atoms with Gasteiger partial charge in [-0.15, -0.1) is 0 Å². The molecule has 8 nitrogen and oxygen atoms in total. The van der Waals surface area contributed by atoms with Crippen molar-refractivity contribution >= 4 is 40.5 Å². The molecule has 1 aliphatic carbocycles. The molecule has 0 atom stereocenters. The van der Waals surface area contributed by atoms with Crippen molar-refractivity contribution in [3.05, 3.63) is 47.4 Å². The first-order chi connectivity index (χ1) is 17.5. The predicted octanol–water partition coefficient (Wildman–Crippen LogP) is 5.96. The summed E-state index contributed by atoms with van der Waals surface area (Å²) in [6.07, 6.45) is 1.29. The minimum absolute atomic E-state index is 0.0778. The summed E-state index contributed by atoms with van der Waals surface area (Å²) in [6.45, 7) is 6.70. The van der Waals surface area contributed by atoms with Crippen LogP contribution < -0.4 is 10.6 Å². The van der Waals surface area contributed by atoms with Gasteiger partial charge >= 0.3 is 12.1 Å². The Balaban J connectivity index is 0.000000479. The first-order valence-corrected chi connectivity index (χ1v) is 12.3. The molecule has 2 aromatic heterocycles. The van der Waals surface area contributed by atoms with Gasteiger partial charge in [-0.1, -0.05) is 25.4 Å². The van der Waals surface area contributed by atoms with Crippen molar-refractivity contribution in [2.45, 2.75) is 57.8 Å². The number of anilines is 3. The second-order valence-electron chi connectivity index (χ2n) is 8.56. The number of hydrogen-bond acceptors (Lipinski definition) is 6. The number of rotatable bonds is 7. The van der Waals surface area contributed by atoms with Gasteiger partial charge in [-0.3, -0.25) is 0 Å². The number of aromatic nitrogens is 3. The van der Waals surface area contributed by atoms with Gasteiger partial charge in [0.05, 0.1) is 11.2 Å². The highest BCUT2D eigenvalue weighted by molar-refractivity contribution is 6.31.